The SMILES string of the molecule is CCCCN(c1ccccc1)c1ccc(-c2ccc(N(CCCC)c3ccccc3)cc2)cc1. The molecule has 0 heterocycles. The van der Waals surface area contributed by atoms with Gasteiger partial charge >= 0.3 is 0 Å². The maximum absolute atomic E-state index is 2.42. The molecule has 0 radical (unpaired) electrons. The number of benzene rings is 4. The first kappa shape index (κ1) is 23.6. The minimum atomic E-state index is 1.03. The number of rotatable bonds is 11. The van der Waals surface area contributed by atoms with Crippen molar-refractivity contribution in [3.05, 3.63) is 109 Å². The van der Waals surface area contributed by atoms with E-state index in [1.165, 1.54) is 59.6 Å². The van der Waals surface area contributed by atoms with Crippen molar-refractivity contribution < 1.29 is 0 Å². The fourth-order valence-electron chi connectivity index (χ4n) is 4.33. The Morgan fingerprint density at radius 2 is 0.735 bits per heavy atom. The molecule has 0 N–H and O–H groups in total. The van der Waals surface area contributed by atoms with Gasteiger partial charge < -0.3 is 9.80 Å². The summed E-state index contributed by atoms with van der Waals surface area (Å²) in [5.74, 6) is 0. The molecule has 174 valence electrons. The van der Waals surface area contributed by atoms with Crippen molar-refractivity contribution in [1.29, 1.82) is 0 Å². The Bertz CT molecular complexity index is 1010. The molecule has 0 unspecified atom stereocenters. The first-order valence-corrected chi connectivity index (χ1v) is 12.7. The molecule has 4 aromatic carbocycles. The van der Waals surface area contributed by atoms with Gasteiger partial charge in [-0.25, -0.2) is 0 Å². The Kier molecular flexibility index (Phi) is 8.40. The standard InChI is InChI=1S/C32H36N2/c1-3-5-25-33(29-13-9-7-10-14-29)31-21-17-27(18-22-31)28-19-23-32(24-20-28)34(26-6-4-2)30-15-11-8-12-16-30/h7-24H,3-6,25-26H2,1-2H3. The second-order valence-corrected chi connectivity index (χ2v) is 8.78. The van der Waals surface area contributed by atoms with E-state index in [1.54, 1.807) is 0 Å². The molecule has 0 amide bonds. The maximum atomic E-state index is 2.42. The van der Waals surface area contributed by atoms with E-state index in [1.807, 2.05) is 0 Å². The third kappa shape index (κ3) is 5.88. The van der Waals surface area contributed by atoms with Crippen molar-refractivity contribution >= 4 is 22.7 Å². The van der Waals surface area contributed by atoms with Gasteiger partial charge in [-0.1, -0.05) is 87.4 Å². The highest BCUT2D eigenvalue weighted by molar-refractivity contribution is 5.72. The highest BCUT2D eigenvalue weighted by Crippen LogP contribution is 2.31. The molecular weight excluding hydrogens is 412 g/mol. The van der Waals surface area contributed by atoms with Crippen LogP contribution in [0.5, 0.6) is 0 Å². The fourth-order valence-corrected chi connectivity index (χ4v) is 4.33. The maximum Gasteiger partial charge on any atom is 0.0411 e. The Morgan fingerprint density at radius 1 is 0.412 bits per heavy atom. The molecule has 0 aliphatic carbocycles. The van der Waals surface area contributed by atoms with Crippen LogP contribution in [0, 0.1) is 0 Å². The van der Waals surface area contributed by atoms with Crippen LogP contribution in [0.2, 0.25) is 0 Å². The van der Waals surface area contributed by atoms with Gasteiger partial charge in [-0.05, 0) is 72.5 Å². The first-order valence-electron chi connectivity index (χ1n) is 12.7. The minimum absolute atomic E-state index is 1.03. The van der Waals surface area contributed by atoms with Crippen LogP contribution in [-0.2, 0) is 0 Å². The molecule has 0 atom stereocenters. The average molecular weight is 449 g/mol. The lowest BCUT2D eigenvalue weighted by Gasteiger charge is -2.26. The van der Waals surface area contributed by atoms with Gasteiger partial charge in [0.25, 0.3) is 0 Å². The van der Waals surface area contributed by atoms with Crippen molar-refractivity contribution in [2.75, 3.05) is 22.9 Å². The van der Waals surface area contributed by atoms with Crippen molar-refractivity contribution in [2.24, 2.45) is 0 Å². The van der Waals surface area contributed by atoms with Crippen LogP contribution in [0.15, 0.2) is 109 Å². The molecule has 0 spiro atoms. The molecule has 0 fully saturated rings. The van der Waals surface area contributed by atoms with E-state index in [0.29, 0.717) is 0 Å². The predicted octanol–water partition coefficient (Wildman–Crippen LogP) is 9.23. The Balaban J connectivity index is 1.54. The third-order valence-corrected chi connectivity index (χ3v) is 6.30. The molecule has 0 bridgehead atoms. The lowest BCUT2D eigenvalue weighted by Crippen LogP contribution is -2.18. The van der Waals surface area contributed by atoms with Gasteiger partial charge in [0.2, 0.25) is 0 Å². The molecular formula is C32H36N2. The van der Waals surface area contributed by atoms with Crippen LogP contribution < -0.4 is 9.80 Å². The Labute approximate surface area is 205 Å². The van der Waals surface area contributed by atoms with Crippen molar-refractivity contribution in [1.82, 2.24) is 0 Å². The number of nitrogens with zero attached hydrogens (tertiary/aromatic N) is 2. The summed E-state index contributed by atoms with van der Waals surface area (Å²) in [6, 6.07) is 39.4. The molecule has 2 nitrogen and oxygen atoms in total. The van der Waals surface area contributed by atoms with Gasteiger partial charge in [-0.15, -0.1) is 0 Å². The molecule has 34 heavy (non-hydrogen) atoms. The van der Waals surface area contributed by atoms with Crippen LogP contribution in [0.4, 0.5) is 22.7 Å². The van der Waals surface area contributed by atoms with Gasteiger partial charge in [-0.3, -0.25) is 0 Å². The number of hydrogen-bond donors (Lipinski definition) is 0. The van der Waals surface area contributed by atoms with Gasteiger partial charge in [0, 0.05) is 35.8 Å². The summed E-state index contributed by atoms with van der Waals surface area (Å²) in [4.78, 5) is 4.84. The van der Waals surface area contributed by atoms with Gasteiger partial charge in [-0.2, -0.15) is 0 Å². The highest BCUT2D eigenvalue weighted by Gasteiger charge is 2.11. The van der Waals surface area contributed by atoms with E-state index in [-0.39, 0.29) is 0 Å². The van der Waals surface area contributed by atoms with Crippen molar-refractivity contribution in [3.63, 3.8) is 0 Å². The largest absolute Gasteiger partial charge is 0.341 e. The zero-order valence-corrected chi connectivity index (χ0v) is 20.5. The second kappa shape index (κ2) is 12.1. The summed E-state index contributed by atoms with van der Waals surface area (Å²) in [6.07, 6.45) is 4.72. The third-order valence-electron chi connectivity index (χ3n) is 6.30. The van der Waals surface area contributed by atoms with Crippen molar-refractivity contribution in [3.8, 4) is 11.1 Å². The number of para-hydroxylation sites is 2. The van der Waals surface area contributed by atoms with Crippen LogP contribution in [-0.4, -0.2) is 13.1 Å². The predicted molar refractivity (Wildman–Crippen MR) is 149 cm³/mol. The summed E-state index contributed by atoms with van der Waals surface area (Å²) in [7, 11) is 0. The topological polar surface area (TPSA) is 6.48 Å². The van der Waals surface area contributed by atoms with Crippen LogP contribution in [0.1, 0.15) is 39.5 Å². The van der Waals surface area contributed by atoms with E-state index >= 15 is 0 Å². The zero-order chi connectivity index (χ0) is 23.6. The summed E-state index contributed by atoms with van der Waals surface area (Å²) in [5, 5.41) is 0. The minimum Gasteiger partial charge on any atom is -0.341 e. The molecule has 0 aliphatic heterocycles. The molecule has 0 aromatic heterocycles. The molecule has 4 aromatic rings. The molecule has 0 aliphatic rings. The highest BCUT2D eigenvalue weighted by atomic mass is 15.1. The van der Waals surface area contributed by atoms with Gasteiger partial charge in [0.05, 0.1) is 0 Å². The number of unbranched alkanes of at least 4 members (excludes halogenated alkanes) is 2. The Morgan fingerprint density at radius 3 is 1.06 bits per heavy atom. The summed E-state index contributed by atoms with van der Waals surface area (Å²) in [6.45, 7) is 6.55. The summed E-state index contributed by atoms with van der Waals surface area (Å²) < 4.78 is 0. The van der Waals surface area contributed by atoms with Crippen LogP contribution in [0.25, 0.3) is 11.1 Å². The average Bonchev–Trinajstić information content (AvgIpc) is 2.91. The quantitative estimate of drug-likeness (QED) is 0.225. The number of hydrogen-bond acceptors (Lipinski definition) is 2. The van der Waals surface area contributed by atoms with Crippen LogP contribution >= 0.6 is 0 Å². The second-order valence-electron chi connectivity index (χ2n) is 8.78. The monoisotopic (exact) mass is 448 g/mol. The molecule has 0 saturated carbocycles. The van der Waals surface area contributed by atoms with E-state index in [4.69, 9.17) is 0 Å². The van der Waals surface area contributed by atoms with E-state index < -0.39 is 0 Å². The van der Waals surface area contributed by atoms with E-state index in [2.05, 4.69) is 133 Å². The van der Waals surface area contributed by atoms with Crippen molar-refractivity contribution in [2.45, 2.75) is 39.5 Å². The molecule has 4 rings (SSSR count). The van der Waals surface area contributed by atoms with Gasteiger partial charge in [0.15, 0.2) is 0 Å². The lowest BCUT2D eigenvalue weighted by molar-refractivity contribution is 0.786. The molecule has 2 heteroatoms. The van der Waals surface area contributed by atoms with Gasteiger partial charge in [0.1, 0.15) is 0 Å². The lowest BCUT2D eigenvalue weighted by atomic mass is 10.0. The molecule has 0 saturated heterocycles. The fraction of sp³-hybridized carbons (Fsp3) is 0.250. The smallest absolute Gasteiger partial charge is 0.0411 e. The summed E-state index contributed by atoms with van der Waals surface area (Å²) >= 11 is 0. The summed E-state index contributed by atoms with van der Waals surface area (Å²) in [5.41, 5.74) is 7.49. The van der Waals surface area contributed by atoms with Crippen LogP contribution in [0.3, 0.4) is 0 Å². The van der Waals surface area contributed by atoms with E-state index in [9.17, 15) is 0 Å². The Hall–Kier alpha value is -3.52. The van der Waals surface area contributed by atoms with E-state index in [0.717, 1.165) is 13.1 Å². The first-order chi connectivity index (χ1) is 16.8. The number of anilines is 4. The zero-order valence-electron chi connectivity index (χ0n) is 20.5. The normalized spacial score (nSPS) is 10.8.